The lowest BCUT2D eigenvalue weighted by molar-refractivity contribution is 0.102. The maximum atomic E-state index is 12.4. The normalized spacial score (nSPS) is 12.5. The summed E-state index contributed by atoms with van der Waals surface area (Å²) in [6.45, 7) is 1.31. The summed E-state index contributed by atoms with van der Waals surface area (Å²) < 4.78 is 7.24. The lowest BCUT2D eigenvalue weighted by Crippen LogP contribution is -2.13. The van der Waals surface area contributed by atoms with Gasteiger partial charge >= 0.3 is 0 Å². The van der Waals surface area contributed by atoms with Gasteiger partial charge < -0.3 is 10.1 Å². The van der Waals surface area contributed by atoms with E-state index in [4.69, 9.17) is 4.74 Å². The van der Waals surface area contributed by atoms with Crippen molar-refractivity contribution >= 4 is 11.7 Å². The van der Waals surface area contributed by atoms with Gasteiger partial charge in [-0.15, -0.1) is 0 Å². The number of hydrogen-bond donors (Lipinski definition) is 1. The van der Waals surface area contributed by atoms with Gasteiger partial charge in [-0.1, -0.05) is 0 Å². The van der Waals surface area contributed by atoms with Crippen molar-refractivity contribution in [3.63, 3.8) is 0 Å². The SMILES string of the molecule is O=C(Nc1ccn(Cc2ccncc2)n1)c1ccc2c(c1)CCO2. The van der Waals surface area contributed by atoms with Gasteiger partial charge in [-0.05, 0) is 41.5 Å². The monoisotopic (exact) mass is 320 g/mol. The Balaban J connectivity index is 1.45. The molecule has 1 aromatic carbocycles. The second-order valence-electron chi connectivity index (χ2n) is 5.63. The summed E-state index contributed by atoms with van der Waals surface area (Å²) >= 11 is 0. The van der Waals surface area contributed by atoms with Crippen molar-refractivity contribution in [2.24, 2.45) is 0 Å². The first-order valence-electron chi connectivity index (χ1n) is 7.77. The average molecular weight is 320 g/mol. The zero-order valence-electron chi connectivity index (χ0n) is 13.0. The Kier molecular flexibility index (Phi) is 3.70. The van der Waals surface area contributed by atoms with Gasteiger partial charge in [0.05, 0.1) is 13.2 Å². The Labute approximate surface area is 139 Å². The van der Waals surface area contributed by atoms with Crippen molar-refractivity contribution in [1.29, 1.82) is 0 Å². The predicted octanol–water partition coefficient (Wildman–Crippen LogP) is 2.51. The molecule has 6 nitrogen and oxygen atoms in total. The van der Waals surface area contributed by atoms with E-state index in [-0.39, 0.29) is 5.91 Å². The number of nitrogens with one attached hydrogen (secondary N) is 1. The van der Waals surface area contributed by atoms with Crippen molar-refractivity contribution in [2.75, 3.05) is 11.9 Å². The molecule has 0 atom stereocenters. The van der Waals surface area contributed by atoms with Crippen molar-refractivity contribution in [3.8, 4) is 5.75 Å². The highest BCUT2D eigenvalue weighted by molar-refractivity contribution is 6.04. The average Bonchev–Trinajstić information content (AvgIpc) is 3.24. The van der Waals surface area contributed by atoms with E-state index < -0.39 is 0 Å². The van der Waals surface area contributed by atoms with Gasteiger partial charge in [0.1, 0.15) is 5.75 Å². The number of ether oxygens (including phenoxy) is 1. The molecule has 0 unspecified atom stereocenters. The van der Waals surface area contributed by atoms with E-state index in [1.165, 1.54) is 0 Å². The van der Waals surface area contributed by atoms with Gasteiger partial charge in [-0.25, -0.2) is 0 Å². The van der Waals surface area contributed by atoms with Crippen molar-refractivity contribution in [1.82, 2.24) is 14.8 Å². The van der Waals surface area contributed by atoms with E-state index in [1.807, 2.05) is 30.5 Å². The minimum atomic E-state index is -0.168. The molecule has 0 saturated heterocycles. The van der Waals surface area contributed by atoms with Crippen molar-refractivity contribution in [3.05, 3.63) is 71.7 Å². The number of pyridine rings is 1. The topological polar surface area (TPSA) is 69.0 Å². The standard InChI is InChI=1S/C18H16N4O2/c23-18(15-1-2-16-14(11-15)6-10-24-16)20-17-5-9-22(21-17)12-13-3-7-19-8-4-13/h1-5,7-9,11H,6,10,12H2,(H,20,21,23). The van der Waals surface area contributed by atoms with Crippen LogP contribution in [-0.2, 0) is 13.0 Å². The van der Waals surface area contributed by atoms with Gasteiger partial charge in [0, 0.05) is 36.6 Å². The van der Waals surface area contributed by atoms with Crippen molar-refractivity contribution < 1.29 is 9.53 Å². The second-order valence-corrected chi connectivity index (χ2v) is 5.63. The summed E-state index contributed by atoms with van der Waals surface area (Å²) in [5.74, 6) is 1.23. The Hall–Kier alpha value is -3.15. The number of rotatable bonds is 4. The zero-order chi connectivity index (χ0) is 16.4. The fraction of sp³-hybridized carbons (Fsp3) is 0.167. The van der Waals surface area contributed by atoms with Gasteiger partial charge in [0.2, 0.25) is 0 Å². The highest BCUT2D eigenvalue weighted by atomic mass is 16.5. The summed E-state index contributed by atoms with van der Waals surface area (Å²) in [4.78, 5) is 16.4. The highest BCUT2D eigenvalue weighted by Gasteiger charge is 2.15. The van der Waals surface area contributed by atoms with Crippen LogP contribution >= 0.6 is 0 Å². The molecule has 3 aromatic rings. The number of nitrogens with zero attached hydrogens (tertiary/aromatic N) is 3. The molecule has 1 aliphatic heterocycles. The summed E-state index contributed by atoms with van der Waals surface area (Å²) in [7, 11) is 0. The van der Waals surface area contributed by atoms with Crippen LogP contribution < -0.4 is 10.1 Å². The van der Waals surface area contributed by atoms with Crippen LogP contribution in [0.15, 0.2) is 55.0 Å². The molecule has 120 valence electrons. The quantitative estimate of drug-likeness (QED) is 0.802. The number of benzene rings is 1. The molecule has 24 heavy (non-hydrogen) atoms. The number of carbonyl (C=O) groups excluding carboxylic acids is 1. The molecule has 1 N–H and O–H groups in total. The van der Waals surface area contributed by atoms with E-state index >= 15 is 0 Å². The van der Waals surface area contributed by atoms with E-state index in [2.05, 4.69) is 15.4 Å². The van der Waals surface area contributed by atoms with Crippen LogP contribution in [0, 0.1) is 0 Å². The minimum Gasteiger partial charge on any atom is -0.493 e. The number of carbonyl (C=O) groups is 1. The number of aromatic nitrogens is 3. The first kappa shape index (κ1) is 14.4. The maximum absolute atomic E-state index is 12.4. The molecule has 3 heterocycles. The summed E-state index contributed by atoms with van der Waals surface area (Å²) in [6, 6.07) is 11.2. The molecule has 0 bridgehead atoms. The van der Waals surface area contributed by atoms with Crippen LogP contribution in [0.4, 0.5) is 5.82 Å². The third-order valence-corrected chi connectivity index (χ3v) is 3.93. The number of amides is 1. The number of hydrogen-bond acceptors (Lipinski definition) is 4. The Morgan fingerprint density at radius 2 is 2.08 bits per heavy atom. The number of anilines is 1. The summed E-state index contributed by atoms with van der Waals surface area (Å²) in [5, 5.41) is 7.21. The Morgan fingerprint density at radius 3 is 2.96 bits per heavy atom. The molecular weight excluding hydrogens is 304 g/mol. The van der Waals surface area contributed by atoms with Crippen molar-refractivity contribution in [2.45, 2.75) is 13.0 Å². The highest BCUT2D eigenvalue weighted by Crippen LogP contribution is 2.26. The van der Waals surface area contributed by atoms with Crippen LogP contribution in [-0.4, -0.2) is 27.3 Å². The predicted molar refractivity (Wildman–Crippen MR) is 89.2 cm³/mol. The lowest BCUT2D eigenvalue weighted by atomic mass is 10.1. The van der Waals surface area contributed by atoms with E-state index in [1.54, 1.807) is 29.2 Å². The van der Waals surface area contributed by atoms with Gasteiger partial charge in [-0.3, -0.25) is 14.5 Å². The van der Waals surface area contributed by atoms with E-state index in [0.29, 0.717) is 24.5 Å². The zero-order valence-corrected chi connectivity index (χ0v) is 13.0. The third-order valence-electron chi connectivity index (χ3n) is 3.93. The van der Waals surface area contributed by atoms with Gasteiger partial charge in [0.25, 0.3) is 5.91 Å². The summed E-state index contributed by atoms with van der Waals surface area (Å²) in [6.07, 6.45) is 6.18. The lowest BCUT2D eigenvalue weighted by Gasteiger charge is -2.05. The fourth-order valence-corrected chi connectivity index (χ4v) is 2.71. The molecule has 1 amide bonds. The minimum absolute atomic E-state index is 0.168. The Morgan fingerprint density at radius 1 is 1.21 bits per heavy atom. The molecule has 0 aliphatic carbocycles. The van der Waals surface area contributed by atoms with E-state index in [0.717, 1.165) is 23.3 Å². The molecule has 4 rings (SSSR count). The van der Waals surface area contributed by atoms with E-state index in [9.17, 15) is 4.79 Å². The van der Waals surface area contributed by atoms with Crippen LogP contribution in [0.1, 0.15) is 21.5 Å². The molecule has 0 saturated carbocycles. The molecule has 0 fully saturated rings. The number of fused-ring (bicyclic) bond motifs is 1. The molecule has 0 spiro atoms. The maximum Gasteiger partial charge on any atom is 0.256 e. The van der Waals surface area contributed by atoms with Gasteiger partial charge in [0.15, 0.2) is 5.82 Å². The van der Waals surface area contributed by atoms with Crippen LogP contribution in [0.3, 0.4) is 0 Å². The Bertz CT molecular complexity index is 874. The first-order chi connectivity index (χ1) is 11.8. The second kappa shape index (κ2) is 6.16. The molecule has 1 aliphatic rings. The molecular formula is C18H16N4O2. The van der Waals surface area contributed by atoms with Crippen LogP contribution in [0.5, 0.6) is 5.75 Å². The third kappa shape index (κ3) is 2.99. The molecule has 6 heteroatoms. The van der Waals surface area contributed by atoms with Gasteiger partial charge in [-0.2, -0.15) is 5.10 Å². The smallest absolute Gasteiger partial charge is 0.256 e. The van der Waals surface area contributed by atoms with Crippen LogP contribution in [0.2, 0.25) is 0 Å². The largest absolute Gasteiger partial charge is 0.493 e. The first-order valence-corrected chi connectivity index (χ1v) is 7.77. The molecule has 0 radical (unpaired) electrons. The summed E-state index contributed by atoms with van der Waals surface area (Å²) in [5.41, 5.74) is 2.79. The fourth-order valence-electron chi connectivity index (χ4n) is 2.71. The van der Waals surface area contributed by atoms with Crippen LogP contribution in [0.25, 0.3) is 0 Å². The molecule has 2 aromatic heterocycles.